The van der Waals surface area contributed by atoms with E-state index in [1.54, 1.807) is 12.1 Å². The number of anilines is 2. The van der Waals surface area contributed by atoms with E-state index < -0.39 is 16.4 Å². The predicted octanol–water partition coefficient (Wildman–Crippen LogP) is 8.65. The molecule has 8 rings (SSSR count). The van der Waals surface area contributed by atoms with Gasteiger partial charge in [0.15, 0.2) is 11.5 Å². The van der Waals surface area contributed by atoms with Crippen molar-refractivity contribution in [2.24, 2.45) is 0 Å². The van der Waals surface area contributed by atoms with Gasteiger partial charge in [-0.1, -0.05) is 36.4 Å². The molecule has 0 fully saturated rings. The van der Waals surface area contributed by atoms with Crippen LogP contribution >= 0.6 is 0 Å². The highest BCUT2D eigenvalue weighted by Gasteiger charge is 2.59. The van der Waals surface area contributed by atoms with Crippen molar-refractivity contribution in [1.29, 1.82) is 0 Å². The fraction of sp³-hybridized carbons (Fsp3) is 0.300. The molecule has 0 saturated heterocycles. The summed E-state index contributed by atoms with van der Waals surface area (Å²) in [4.78, 5) is 25.8. The first-order chi connectivity index (χ1) is 24.2. The third kappa shape index (κ3) is 4.71. The average Bonchev–Trinajstić information content (AvgIpc) is 3.41. The van der Waals surface area contributed by atoms with Gasteiger partial charge < -0.3 is 24.0 Å². The van der Waals surface area contributed by atoms with Crippen molar-refractivity contribution >= 4 is 34.9 Å². The Morgan fingerprint density at radius 2 is 1.29 bits per heavy atom. The van der Waals surface area contributed by atoms with Gasteiger partial charge in [-0.3, -0.25) is 20.2 Å². The van der Waals surface area contributed by atoms with Gasteiger partial charge in [0.25, 0.3) is 11.4 Å². The normalized spacial score (nSPS) is 22.2. The number of ether oxygens (including phenoxy) is 3. The number of nitro benzene ring substituents is 2. The highest BCUT2D eigenvalue weighted by Crippen LogP contribution is 2.57. The lowest BCUT2D eigenvalue weighted by atomic mass is 9.76. The zero-order valence-corrected chi connectivity index (χ0v) is 29.7. The van der Waals surface area contributed by atoms with Gasteiger partial charge in [0, 0.05) is 54.3 Å². The molecular formula is C40H40N4O7. The number of nitrogens with zero attached hydrogens (tertiary/aromatic N) is 4. The number of fused-ring (bicyclic) bond motifs is 4. The Morgan fingerprint density at radius 1 is 0.725 bits per heavy atom. The van der Waals surface area contributed by atoms with E-state index in [4.69, 9.17) is 14.2 Å². The minimum atomic E-state index is -0.743. The molecule has 4 aromatic carbocycles. The van der Waals surface area contributed by atoms with Crippen LogP contribution in [-0.2, 0) is 10.8 Å². The lowest BCUT2D eigenvalue weighted by Crippen LogP contribution is -2.59. The molecule has 0 N–H and O–H groups in total. The topological polar surface area (TPSA) is 120 Å². The fourth-order valence-electron chi connectivity index (χ4n) is 8.20. The molecule has 2 spiro atoms. The molecule has 51 heavy (non-hydrogen) atoms. The van der Waals surface area contributed by atoms with Crippen LogP contribution in [0.15, 0.2) is 91.0 Å². The lowest BCUT2D eigenvalue weighted by Gasteiger charge is -2.46. The summed E-state index contributed by atoms with van der Waals surface area (Å²) in [6, 6.07) is 24.3. The number of nitro groups is 2. The minimum Gasteiger partial charge on any atom is -0.493 e. The monoisotopic (exact) mass is 688 g/mol. The van der Waals surface area contributed by atoms with Crippen LogP contribution in [0.1, 0.15) is 56.9 Å². The molecule has 0 saturated carbocycles. The smallest absolute Gasteiger partial charge is 0.274 e. The Kier molecular flexibility index (Phi) is 7.66. The zero-order chi connectivity index (χ0) is 36.5. The summed E-state index contributed by atoms with van der Waals surface area (Å²) < 4.78 is 18.5. The Hall–Kier alpha value is -5.84. The van der Waals surface area contributed by atoms with Crippen LogP contribution in [0.25, 0.3) is 12.2 Å². The number of hydrogen-bond donors (Lipinski definition) is 0. The van der Waals surface area contributed by atoms with Crippen LogP contribution in [0.2, 0.25) is 0 Å². The molecule has 0 aromatic heterocycles. The van der Waals surface area contributed by atoms with E-state index in [1.165, 1.54) is 42.1 Å². The molecule has 4 aliphatic heterocycles. The molecule has 2 atom stereocenters. The third-order valence-corrected chi connectivity index (χ3v) is 11.0. The van der Waals surface area contributed by atoms with Crippen molar-refractivity contribution in [3.63, 3.8) is 0 Å². The first-order valence-electron chi connectivity index (χ1n) is 16.8. The van der Waals surface area contributed by atoms with Crippen LogP contribution in [0.3, 0.4) is 0 Å². The highest BCUT2D eigenvalue weighted by atomic mass is 16.6. The Morgan fingerprint density at radius 3 is 1.92 bits per heavy atom. The first-order valence-corrected chi connectivity index (χ1v) is 16.8. The van der Waals surface area contributed by atoms with Gasteiger partial charge in [-0.25, -0.2) is 0 Å². The maximum Gasteiger partial charge on any atom is 0.274 e. The summed E-state index contributed by atoms with van der Waals surface area (Å²) in [6.45, 7) is 11.6. The molecule has 4 aromatic rings. The van der Waals surface area contributed by atoms with E-state index in [9.17, 15) is 20.2 Å². The van der Waals surface area contributed by atoms with Crippen molar-refractivity contribution in [2.45, 2.75) is 56.9 Å². The van der Waals surface area contributed by atoms with E-state index in [1.807, 2.05) is 49.6 Å². The molecule has 0 radical (unpaired) electrons. The molecule has 4 aliphatic rings. The summed E-state index contributed by atoms with van der Waals surface area (Å²) in [7, 11) is 3.49. The second kappa shape index (κ2) is 11.6. The number of methoxy groups -OCH3 is 1. The molecule has 0 bridgehead atoms. The Balaban J connectivity index is 0.000000159. The van der Waals surface area contributed by atoms with Gasteiger partial charge >= 0.3 is 0 Å². The molecule has 11 heteroatoms. The second-order valence-corrected chi connectivity index (χ2v) is 14.2. The van der Waals surface area contributed by atoms with Crippen molar-refractivity contribution in [3.8, 4) is 17.2 Å². The van der Waals surface area contributed by atoms with E-state index in [0.29, 0.717) is 22.8 Å². The molecule has 0 amide bonds. The SMILES string of the molecule is CCN1c2ccccc2C(C)(C)[C@]12C=Cc1cc([N+](=O)[O-])ccc1O2.COc1cc([N+](=O)[O-])cc2c1O[C@@]1(C=C2)N(C)c2ccccc2C1(C)C. The van der Waals surface area contributed by atoms with Gasteiger partial charge in [0.05, 0.1) is 33.9 Å². The van der Waals surface area contributed by atoms with Gasteiger partial charge in [0.1, 0.15) is 5.75 Å². The number of hydrogen-bond acceptors (Lipinski definition) is 9. The fourth-order valence-corrected chi connectivity index (χ4v) is 8.20. The second-order valence-electron chi connectivity index (χ2n) is 14.2. The van der Waals surface area contributed by atoms with E-state index in [-0.39, 0.29) is 27.1 Å². The molecule has 0 aliphatic carbocycles. The van der Waals surface area contributed by atoms with Gasteiger partial charge in [-0.2, -0.15) is 0 Å². The average molecular weight is 689 g/mol. The van der Waals surface area contributed by atoms with Crippen LogP contribution in [0, 0.1) is 20.2 Å². The number of non-ortho nitro benzene ring substituents is 2. The summed E-state index contributed by atoms with van der Waals surface area (Å²) in [6.07, 6.45) is 7.86. The molecule has 0 unspecified atom stereocenters. The van der Waals surface area contributed by atoms with E-state index >= 15 is 0 Å². The number of rotatable bonds is 4. The summed E-state index contributed by atoms with van der Waals surface area (Å²) in [5.74, 6) is 1.55. The summed E-state index contributed by atoms with van der Waals surface area (Å²) in [5, 5.41) is 22.2. The maximum absolute atomic E-state index is 11.2. The van der Waals surface area contributed by atoms with Gasteiger partial charge in [-0.05, 0) is 88.2 Å². The van der Waals surface area contributed by atoms with Crippen LogP contribution in [0.4, 0.5) is 22.7 Å². The van der Waals surface area contributed by atoms with Gasteiger partial charge in [0.2, 0.25) is 11.4 Å². The van der Waals surface area contributed by atoms with Crippen molar-refractivity contribution in [2.75, 3.05) is 30.5 Å². The van der Waals surface area contributed by atoms with Crippen LogP contribution < -0.4 is 24.0 Å². The third-order valence-electron chi connectivity index (χ3n) is 11.0. The quantitative estimate of drug-likeness (QED) is 0.153. The number of benzene rings is 4. The molecule has 4 heterocycles. The molecular weight excluding hydrogens is 648 g/mol. The Bertz CT molecular complexity index is 2160. The number of para-hydroxylation sites is 2. The standard InChI is InChI=1S/C20H20N2O4.C20H20N2O3/c1-19(2)15-7-5-6-8-16(15)21(3)20(19)10-9-13-11-14(22(23)24)12-17(25-4)18(13)26-20;1-4-21-17-8-6-5-7-16(17)19(2,3)20(21)12-11-14-13-15(22(23)24)9-10-18(14)25-20/h5-12H,1-4H3;5-13H,4H2,1-3H3/t2*20-/m11/s1. The van der Waals surface area contributed by atoms with Crippen molar-refractivity contribution in [3.05, 3.63) is 133 Å². The zero-order valence-electron chi connectivity index (χ0n) is 29.7. The highest BCUT2D eigenvalue weighted by molar-refractivity contribution is 5.75. The molecule has 262 valence electrons. The predicted molar refractivity (Wildman–Crippen MR) is 198 cm³/mol. The number of likely N-dealkylation sites (N-methyl/N-ethyl adjacent to an activating group) is 2. The summed E-state index contributed by atoms with van der Waals surface area (Å²) >= 11 is 0. The molecule has 11 nitrogen and oxygen atoms in total. The largest absolute Gasteiger partial charge is 0.493 e. The van der Waals surface area contributed by atoms with Crippen molar-refractivity contribution < 1.29 is 24.1 Å². The van der Waals surface area contributed by atoms with Crippen LogP contribution in [-0.4, -0.2) is 42.0 Å². The first kappa shape index (κ1) is 33.6. The van der Waals surface area contributed by atoms with Crippen LogP contribution in [0.5, 0.6) is 17.2 Å². The van der Waals surface area contributed by atoms with E-state index in [0.717, 1.165) is 17.8 Å². The van der Waals surface area contributed by atoms with Crippen molar-refractivity contribution in [1.82, 2.24) is 0 Å². The summed E-state index contributed by atoms with van der Waals surface area (Å²) in [5.41, 5.74) is 4.15. The van der Waals surface area contributed by atoms with E-state index in [2.05, 4.69) is 74.8 Å². The Labute approximate surface area is 296 Å². The lowest BCUT2D eigenvalue weighted by molar-refractivity contribution is -0.385. The maximum atomic E-state index is 11.2. The minimum absolute atomic E-state index is 0.0212. The van der Waals surface area contributed by atoms with Gasteiger partial charge in [-0.15, -0.1) is 0 Å².